The average Bonchev–Trinajstić information content (AvgIpc) is 2.27. The van der Waals surface area contributed by atoms with Gasteiger partial charge in [-0.25, -0.2) is 0 Å². The Morgan fingerprint density at radius 3 is 2.50 bits per heavy atom. The Kier molecular flexibility index (Phi) is 4.28. The van der Waals surface area contributed by atoms with Crippen LogP contribution >= 0.6 is 0 Å². The van der Waals surface area contributed by atoms with Crippen molar-refractivity contribution in [3.63, 3.8) is 0 Å². The zero-order valence-electron chi connectivity index (χ0n) is 12.1. The van der Waals surface area contributed by atoms with Crippen molar-refractivity contribution >= 4 is 0 Å². The topological polar surface area (TPSA) is 12.5 Å². The van der Waals surface area contributed by atoms with Gasteiger partial charge in [0.1, 0.15) is 5.75 Å². The van der Waals surface area contributed by atoms with E-state index in [1.54, 1.807) is 0 Å². The van der Waals surface area contributed by atoms with Gasteiger partial charge in [0.2, 0.25) is 0 Å². The van der Waals surface area contributed by atoms with Crippen molar-refractivity contribution in [1.82, 2.24) is 4.90 Å². The number of piperidine rings is 1. The van der Waals surface area contributed by atoms with Gasteiger partial charge in [-0.05, 0) is 58.3 Å². The van der Waals surface area contributed by atoms with Crippen molar-refractivity contribution in [2.45, 2.75) is 33.6 Å². The fourth-order valence-electron chi connectivity index (χ4n) is 3.00. The average molecular weight is 247 g/mol. The lowest BCUT2D eigenvalue weighted by atomic mass is 9.99. The van der Waals surface area contributed by atoms with E-state index in [-0.39, 0.29) is 0 Å². The van der Waals surface area contributed by atoms with E-state index in [1.807, 2.05) is 0 Å². The first-order valence-electron chi connectivity index (χ1n) is 6.95. The summed E-state index contributed by atoms with van der Waals surface area (Å²) in [6.45, 7) is 9.68. The molecule has 0 saturated carbocycles. The van der Waals surface area contributed by atoms with Crippen LogP contribution in [0.2, 0.25) is 0 Å². The van der Waals surface area contributed by atoms with Crippen LogP contribution in [0.5, 0.6) is 5.75 Å². The number of aryl methyl sites for hydroxylation is 3. The number of benzene rings is 1. The lowest BCUT2D eigenvalue weighted by Gasteiger charge is -2.29. The second-order valence-corrected chi connectivity index (χ2v) is 5.81. The van der Waals surface area contributed by atoms with Gasteiger partial charge >= 0.3 is 0 Å². The second kappa shape index (κ2) is 5.75. The molecule has 0 aromatic heterocycles. The molecule has 0 spiro atoms. The van der Waals surface area contributed by atoms with E-state index in [9.17, 15) is 0 Å². The van der Waals surface area contributed by atoms with Gasteiger partial charge in [0, 0.05) is 12.5 Å². The molecule has 1 atom stereocenters. The van der Waals surface area contributed by atoms with E-state index in [2.05, 4.69) is 44.9 Å². The van der Waals surface area contributed by atoms with Gasteiger partial charge in [0.15, 0.2) is 0 Å². The molecule has 2 heteroatoms. The maximum atomic E-state index is 6.08. The molecule has 100 valence electrons. The van der Waals surface area contributed by atoms with Crippen molar-refractivity contribution in [1.29, 1.82) is 0 Å². The minimum absolute atomic E-state index is 0.684. The summed E-state index contributed by atoms with van der Waals surface area (Å²) in [5, 5.41) is 0. The van der Waals surface area contributed by atoms with Gasteiger partial charge in [-0.2, -0.15) is 0 Å². The van der Waals surface area contributed by atoms with Crippen LogP contribution < -0.4 is 4.74 Å². The van der Waals surface area contributed by atoms with E-state index in [1.165, 1.54) is 42.6 Å². The Bertz CT molecular complexity index is 391. The highest BCUT2D eigenvalue weighted by atomic mass is 16.5. The van der Waals surface area contributed by atoms with Crippen molar-refractivity contribution in [3.8, 4) is 5.75 Å². The monoisotopic (exact) mass is 247 g/mol. The number of nitrogens with zero attached hydrogens (tertiary/aromatic N) is 1. The van der Waals surface area contributed by atoms with Crippen LogP contribution in [-0.2, 0) is 0 Å². The van der Waals surface area contributed by atoms with E-state index >= 15 is 0 Å². The Balaban J connectivity index is 1.97. The predicted octanol–water partition coefficient (Wildman–Crippen LogP) is 3.33. The minimum Gasteiger partial charge on any atom is -0.493 e. The summed E-state index contributed by atoms with van der Waals surface area (Å²) in [5.74, 6) is 1.78. The lowest BCUT2D eigenvalue weighted by Crippen LogP contribution is -2.34. The first kappa shape index (κ1) is 13.4. The molecule has 0 radical (unpaired) electrons. The van der Waals surface area contributed by atoms with Crippen LogP contribution in [0.4, 0.5) is 0 Å². The first-order chi connectivity index (χ1) is 8.56. The summed E-state index contributed by atoms with van der Waals surface area (Å²) >= 11 is 0. The van der Waals surface area contributed by atoms with E-state index in [0.717, 1.165) is 12.4 Å². The molecule has 1 aromatic carbocycles. The first-order valence-corrected chi connectivity index (χ1v) is 6.95. The number of rotatable bonds is 3. The molecular weight excluding hydrogens is 222 g/mol. The highest BCUT2D eigenvalue weighted by molar-refractivity contribution is 5.42. The normalized spacial score (nSPS) is 21.0. The Labute approximate surface area is 111 Å². The Hall–Kier alpha value is -1.02. The molecule has 0 aliphatic carbocycles. The van der Waals surface area contributed by atoms with Crippen LogP contribution in [0.1, 0.15) is 29.5 Å². The largest absolute Gasteiger partial charge is 0.493 e. The third-order valence-electron chi connectivity index (χ3n) is 3.79. The van der Waals surface area contributed by atoms with Crippen LogP contribution in [0, 0.1) is 26.7 Å². The molecule has 1 saturated heterocycles. The molecule has 0 N–H and O–H groups in total. The Morgan fingerprint density at radius 2 is 1.89 bits per heavy atom. The van der Waals surface area contributed by atoms with Gasteiger partial charge in [-0.1, -0.05) is 17.7 Å². The molecule has 0 bridgehead atoms. The van der Waals surface area contributed by atoms with Crippen LogP contribution in [-0.4, -0.2) is 31.6 Å². The van der Waals surface area contributed by atoms with Gasteiger partial charge in [0.05, 0.1) is 6.61 Å². The van der Waals surface area contributed by atoms with Crippen LogP contribution in [0.3, 0.4) is 0 Å². The maximum Gasteiger partial charge on any atom is 0.125 e. The molecule has 2 rings (SSSR count). The van der Waals surface area contributed by atoms with E-state index in [0.29, 0.717) is 5.92 Å². The summed E-state index contributed by atoms with van der Waals surface area (Å²) < 4.78 is 6.08. The summed E-state index contributed by atoms with van der Waals surface area (Å²) in [5.41, 5.74) is 3.84. The van der Waals surface area contributed by atoms with Crippen molar-refractivity contribution in [2.24, 2.45) is 5.92 Å². The molecule has 18 heavy (non-hydrogen) atoms. The Morgan fingerprint density at radius 1 is 1.22 bits per heavy atom. The summed E-state index contributed by atoms with van der Waals surface area (Å²) in [6, 6.07) is 4.41. The smallest absolute Gasteiger partial charge is 0.125 e. The second-order valence-electron chi connectivity index (χ2n) is 5.81. The zero-order valence-corrected chi connectivity index (χ0v) is 12.1. The van der Waals surface area contributed by atoms with Gasteiger partial charge in [0.25, 0.3) is 0 Å². The number of ether oxygens (including phenoxy) is 1. The van der Waals surface area contributed by atoms with Crippen LogP contribution in [0.15, 0.2) is 12.1 Å². The molecule has 0 amide bonds. The lowest BCUT2D eigenvalue weighted by molar-refractivity contribution is 0.149. The van der Waals surface area contributed by atoms with Gasteiger partial charge in [-0.3, -0.25) is 0 Å². The summed E-state index contributed by atoms with van der Waals surface area (Å²) in [4.78, 5) is 2.41. The fraction of sp³-hybridized carbons (Fsp3) is 0.625. The van der Waals surface area contributed by atoms with E-state index in [4.69, 9.17) is 4.74 Å². The molecular formula is C16H25NO. The summed E-state index contributed by atoms with van der Waals surface area (Å²) in [6.07, 6.45) is 2.60. The molecule has 2 nitrogen and oxygen atoms in total. The third-order valence-corrected chi connectivity index (χ3v) is 3.79. The quantitative estimate of drug-likeness (QED) is 0.812. The van der Waals surface area contributed by atoms with Crippen LogP contribution in [0.25, 0.3) is 0 Å². The molecule has 1 unspecified atom stereocenters. The van der Waals surface area contributed by atoms with E-state index < -0.39 is 0 Å². The highest BCUT2D eigenvalue weighted by Gasteiger charge is 2.18. The zero-order chi connectivity index (χ0) is 13.1. The van der Waals surface area contributed by atoms with Crippen molar-refractivity contribution in [3.05, 3.63) is 28.8 Å². The molecule has 1 aromatic rings. The fourth-order valence-corrected chi connectivity index (χ4v) is 3.00. The van der Waals surface area contributed by atoms with Crippen molar-refractivity contribution in [2.75, 3.05) is 26.7 Å². The van der Waals surface area contributed by atoms with Gasteiger partial charge < -0.3 is 9.64 Å². The molecule has 1 heterocycles. The number of hydrogen-bond donors (Lipinski definition) is 0. The molecule has 1 aliphatic heterocycles. The summed E-state index contributed by atoms with van der Waals surface area (Å²) in [7, 11) is 2.20. The SMILES string of the molecule is Cc1cc(C)c(OCC2CCCN(C)C2)c(C)c1. The molecule has 1 fully saturated rings. The van der Waals surface area contributed by atoms with Crippen molar-refractivity contribution < 1.29 is 4.74 Å². The predicted molar refractivity (Wildman–Crippen MR) is 76.4 cm³/mol. The number of likely N-dealkylation sites (tertiary alicyclic amines) is 1. The number of hydrogen-bond acceptors (Lipinski definition) is 2. The molecule has 1 aliphatic rings. The van der Waals surface area contributed by atoms with Gasteiger partial charge in [-0.15, -0.1) is 0 Å². The standard InChI is InChI=1S/C16H25NO/c1-12-8-13(2)16(14(3)9-12)18-11-15-6-5-7-17(4)10-15/h8-9,15H,5-7,10-11H2,1-4H3. The highest BCUT2D eigenvalue weighted by Crippen LogP contribution is 2.26. The maximum absolute atomic E-state index is 6.08. The minimum atomic E-state index is 0.684. The third kappa shape index (κ3) is 3.26.